The first-order valence-corrected chi connectivity index (χ1v) is 8.51. The van der Waals surface area contributed by atoms with Gasteiger partial charge in [0.25, 0.3) is 0 Å². The number of amides is 1. The zero-order chi connectivity index (χ0) is 17.3. The summed E-state index contributed by atoms with van der Waals surface area (Å²) >= 11 is 6.41. The Balaban J connectivity index is 1.84. The minimum absolute atomic E-state index is 0.00778. The Labute approximate surface area is 147 Å². The van der Waals surface area contributed by atoms with Crippen LogP contribution in [0.15, 0.2) is 24.3 Å². The number of aromatic nitrogens is 2. The van der Waals surface area contributed by atoms with Crippen LogP contribution in [-0.2, 0) is 18.3 Å². The Bertz CT molecular complexity index is 757. The molecule has 0 radical (unpaired) electrons. The summed E-state index contributed by atoms with van der Waals surface area (Å²) in [5.74, 6) is 0.846. The molecule has 6 heteroatoms. The number of hydrogen-bond donors (Lipinski definition) is 0. The van der Waals surface area contributed by atoms with Gasteiger partial charge in [-0.15, -0.1) is 0 Å². The summed E-state index contributed by atoms with van der Waals surface area (Å²) in [7, 11) is 3.45. The highest BCUT2D eigenvalue weighted by Crippen LogP contribution is 2.38. The fourth-order valence-electron chi connectivity index (χ4n) is 3.50. The van der Waals surface area contributed by atoms with E-state index in [1.54, 1.807) is 11.8 Å². The molecule has 2 heterocycles. The molecule has 0 saturated carbocycles. The molecule has 1 unspecified atom stereocenters. The zero-order valence-corrected chi connectivity index (χ0v) is 15.0. The number of para-hydroxylation sites is 1. The summed E-state index contributed by atoms with van der Waals surface area (Å²) in [6.45, 7) is 2.70. The van der Waals surface area contributed by atoms with Crippen molar-refractivity contribution in [1.82, 2.24) is 14.7 Å². The van der Waals surface area contributed by atoms with Gasteiger partial charge in [-0.05, 0) is 25.8 Å². The SMILES string of the molecule is COc1ccccc1CC(=O)N1CCCC1c1c(C)nn(C)c1Cl. The van der Waals surface area contributed by atoms with Gasteiger partial charge in [-0.1, -0.05) is 29.8 Å². The maximum atomic E-state index is 12.9. The van der Waals surface area contributed by atoms with Gasteiger partial charge < -0.3 is 9.64 Å². The lowest BCUT2D eigenvalue weighted by molar-refractivity contribution is -0.131. The van der Waals surface area contributed by atoms with Crippen LogP contribution < -0.4 is 4.74 Å². The van der Waals surface area contributed by atoms with Crippen LogP contribution in [0.5, 0.6) is 5.75 Å². The number of likely N-dealkylation sites (tertiary alicyclic amines) is 1. The molecule has 1 aliphatic heterocycles. The number of carbonyl (C=O) groups is 1. The first-order chi connectivity index (χ1) is 11.5. The predicted molar refractivity (Wildman–Crippen MR) is 93.3 cm³/mol. The molecule has 1 amide bonds. The van der Waals surface area contributed by atoms with Gasteiger partial charge in [0.05, 0.1) is 25.3 Å². The van der Waals surface area contributed by atoms with Crippen molar-refractivity contribution in [2.24, 2.45) is 7.05 Å². The van der Waals surface area contributed by atoms with E-state index in [0.29, 0.717) is 11.6 Å². The van der Waals surface area contributed by atoms with Crippen LogP contribution in [0.3, 0.4) is 0 Å². The highest BCUT2D eigenvalue weighted by molar-refractivity contribution is 6.30. The Morgan fingerprint density at radius 1 is 1.42 bits per heavy atom. The predicted octanol–water partition coefficient (Wildman–Crippen LogP) is 3.30. The molecule has 128 valence electrons. The lowest BCUT2D eigenvalue weighted by Crippen LogP contribution is -2.32. The van der Waals surface area contributed by atoms with E-state index in [0.717, 1.165) is 42.0 Å². The van der Waals surface area contributed by atoms with E-state index in [-0.39, 0.29) is 11.9 Å². The molecular formula is C18H22ClN3O2. The van der Waals surface area contributed by atoms with Gasteiger partial charge >= 0.3 is 0 Å². The molecule has 0 N–H and O–H groups in total. The molecule has 1 fully saturated rings. The monoisotopic (exact) mass is 347 g/mol. The highest BCUT2D eigenvalue weighted by Gasteiger charge is 2.34. The lowest BCUT2D eigenvalue weighted by atomic mass is 10.0. The lowest BCUT2D eigenvalue weighted by Gasteiger charge is -2.25. The number of carbonyl (C=O) groups excluding carboxylic acids is 1. The van der Waals surface area contributed by atoms with Gasteiger partial charge in [0, 0.05) is 24.7 Å². The van der Waals surface area contributed by atoms with E-state index in [1.165, 1.54) is 0 Å². The largest absolute Gasteiger partial charge is 0.496 e. The minimum atomic E-state index is 0.00778. The van der Waals surface area contributed by atoms with E-state index in [1.807, 2.05) is 43.1 Å². The summed E-state index contributed by atoms with van der Waals surface area (Å²) < 4.78 is 7.03. The normalized spacial score (nSPS) is 17.3. The van der Waals surface area contributed by atoms with Gasteiger partial charge in [-0.3, -0.25) is 9.48 Å². The number of methoxy groups -OCH3 is 1. The van der Waals surface area contributed by atoms with Gasteiger partial charge in [0.2, 0.25) is 5.91 Å². The van der Waals surface area contributed by atoms with Gasteiger partial charge in [0.15, 0.2) is 0 Å². The highest BCUT2D eigenvalue weighted by atomic mass is 35.5. The molecule has 1 aromatic heterocycles. The topological polar surface area (TPSA) is 47.4 Å². The van der Waals surface area contributed by atoms with Gasteiger partial charge in [-0.2, -0.15) is 5.10 Å². The number of ether oxygens (including phenoxy) is 1. The van der Waals surface area contributed by atoms with Crippen molar-refractivity contribution in [2.45, 2.75) is 32.2 Å². The molecule has 1 aromatic carbocycles. The van der Waals surface area contributed by atoms with Crippen molar-refractivity contribution in [2.75, 3.05) is 13.7 Å². The van der Waals surface area contributed by atoms with Crippen molar-refractivity contribution >= 4 is 17.5 Å². The van der Waals surface area contributed by atoms with Crippen molar-refractivity contribution < 1.29 is 9.53 Å². The molecule has 3 rings (SSSR count). The Kier molecular flexibility index (Phi) is 4.81. The van der Waals surface area contributed by atoms with E-state index >= 15 is 0 Å². The first kappa shape index (κ1) is 16.8. The maximum absolute atomic E-state index is 12.9. The standard InChI is InChI=1S/C18H22ClN3O2/c1-12-17(18(19)21(2)20-12)14-8-6-10-22(14)16(23)11-13-7-4-5-9-15(13)24-3/h4-5,7,9,14H,6,8,10-11H2,1-3H3. The van der Waals surface area contributed by atoms with Crippen LogP contribution in [0.2, 0.25) is 5.15 Å². The van der Waals surface area contributed by atoms with E-state index in [4.69, 9.17) is 16.3 Å². The molecule has 24 heavy (non-hydrogen) atoms. The molecule has 0 spiro atoms. The number of hydrogen-bond acceptors (Lipinski definition) is 3. The average Bonchev–Trinajstić information content (AvgIpc) is 3.13. The zero-order valence-electron chi connectivity index (χ0n) is 14.3. The summed E-state index contributed by atoms with van der Waals surface area (Å²) in [5, 5.41) is 5.01. The second-order valence-corrected chi connectivity index (χ2v) is 6.51. The van der Waals surface area contributed by atoms with E-state index < -0.39 is 0 Å². The number of halogens is 1. The number of benzene rings is 1. The number of rotatable bonds is 4. The van der Waals surface area contributed by atoms with Crippen LogP contribution in [0, 0.1) is 6.92 Å². The third-order valence-electron chi connectivity index (χ3n) is 4.64. The first-order valence-electron chi connectivity index (χ1n) is 8.13. The molecule has 1 atom stereocenters. The van der Waals surface area contributed by atoms with Crippen molar-refractivity contribution in [1.29, 1.82) is 0 Å². The Hall–Kier alpha value is -2.01. The molecular weight excluding hydrogens is 326 g/mol. The number of nitrogens with zero attached hydrogens (tertiary/aromatic N) is 3. The Morgan fingerprint density at radius 2 is 2.17 bits per heavy atom. The smallest absolute Gasteiger partial charge is 0.227 e. The molecule has 5 nitrogen and oxygen atoms in total. The maximum Gasteiger partial charge on any atom is 0.227 e. The van der Waals surface area contributed by atoms with Crippen LogP contribution >= 0.6 is 11.6 Å². The number of aryl methyl sites for hydroxylation is 2. The van der Waals surface area contributed by atoms with Crippen molar-refractivity contribution in [3.05, 3.63) is 46.2 Å². The second-order valence-electron chi connectivity index (χ2n) is 6.15. The van der Waals surface area contributed by atoms with Gasteiger partial charge in [0.1, 0.15) is 10.9 Å². The fraction of sp³-hybridized carbons (Fsp3) is 0.444. The van der Waals surface area contributed by atoms with Crippen LogP contribution in [0.4, 0.5) is 0 Å². The third-order valence-corrected chi connectivity index (χ3v) is 5.08. The minimum Gasteiger partial charge on any atom is -0.496 e. The molecule has 2 aromatic rings. The van der Waals surface area contributed by atoms with Crippen LogP contribution in [-0.4, -0.2) is 34.2 Å². The quantitative estimate of drug-likeness (QED) is 0.852. The molecule has 0 aliphatic carbocycles. The van der Waals surface area contributed by atoms with Gasteiger partial charge in [-0.25, -0.2) is 0 Å². The summed E-state index contributed by atoms with van der Waals surface area (Å²) in [4.78, 5) is 14.8. The summed E-state index contributed by atoms with van der Waals surface area (Å²) in [6, 6.07) is 7.66. The van der Waals surface area contributed by atoms with Crippen molar-refractivity contribution in [3.63, 3.8) is 0 Å². The van der Waals surface area contributed by atoms with E-state index in [9.17, 15) is 4.79 Å². The van der Waals surface area contributed by atoms with E-state index in [2.05, 4.69) is 5.10 Å². The fourth-order valence-corrected chi connectivity index (χ4v) is 3.80. The average molecular weight is 348 g/mol. The Morgan fingerprint density at radius 3 is 2.83 bits per heavy atom. The molecule has 1 aliphatic rings. The summed E-state index contributed by atoms with van der Waals surface area (Å²) in [5.41, 5.74) is 2.78. The van der Waals surface area contributed by atoms with Crippen molar-refractivity contribution in [3.8, 4) is 5.75 Å². The second kappa shape index (κ2) is 6.85. The van der Waals surface area contributed by atoms with Crippen LogP contribution in [0.1, 0.15) is 35.7 Å². The molecule has 1 saturated heterocycles. The third kappa shape index (κ3) is 3.00. The molecule has 0 bridgehead atoms. The van der Waals surface area contributed by atoms with Crippen LogP contribution in [0.25, 0.3) is 0 Å². The summed E-state index contributed by atoms with van der Waals surface area (Å²) in [6.07, 6.45) is 2.23.